The molecule has 5 heteroatoms. The number of hydrogen-bond donors (Lipinski definition) is 2. The Morgan fingerprint density at radius 2 is 2.16 bits per heavy atom. The lowest BCUT2D eigenvalue weighted by atomic mass is 10.0. The van der Waals surface area contributed by atoms with Gasteiger partial charge in [0.15, 0.2) is 0 Å². The van der Waals surface area contributed by atoms with E-state index in [0.29, 0.717) is 24.9 Å². The Labute approximate surface area is 118 Å². The molecule has 3 N–H and O–H groups in total. The fraction of sp³-hybridized carbons (Fsp3) is 0.429. The second-order valence-corrected chi connectivity index (χ2v) is 4.85. The van der Waals surface area contributed by atoms with Gasteiger partial charge in [-0.3, -0.25) is 4.79 Å². The molecule has 1 aromatic carbocycles. The Balaban J connectivity index is 2.46. The average molecular weight is 282 g/mol. The third kappa shape index (κ3) is 4.95. The smallest absolute Gasteiger partial charge is 0.229 e. The minimum absolute atomic E-state index is 0.175. The fourth-order valence-corrected chi connectivity index (χ4v) is 2.06. The van der Waals surface area contributed by atoms with Crippen LogP contribution in [0.25, 0.3) is 0 Å². The van der Waals surface area contributed by atoms with Gasteiger partial charge in [0.2, 0.25) is 5.91 Å². The summed E-state index contributed by atoms with van der Waals surface area (Å²) in [5.74, 6) is -0.859. The summed E-state index contributed by atoms with van der Waals surface area (Å²) in [4.78, 5) is 12.1. The van der Waals surface area contributed by atoms with Crippen molar-refractivity contribution in [3.8, 4) is 0 Å². The highest BCUT2D eigenvalue weighted by Gasteiger charge is 2.19. The number of amides is 1. The van der Waals surface area contributed by atoms with E-state index in [9.17, 15) is 9.18 Å². The highest BCUT2D eigenvalue weighted by atomic mass is 32.1. The number of carbonyl (C=O) groups is 1. The summed E-state index contributed by atoms with van der Waals surface area (Å²) >= 11 is 4.88. The first-order chi connectivity index (χ1) is 9.06. The van der Waals surface area contributed by atoms with Gasteiger partial charge < -0.3 is 11.1 Å². The highest BCUT2D eigenvalue weighted by molar-refractivity contribution is 7.80. The van der Waals surface area contributed by atoms with Gasteiger partial charge in [-0.1, -0.05) is 43.8 Å². The molecule has 0 spiro atoms. The van der Waals surface area contributed by atoms with Crippen molar-refractivity contribution in [3.63, 3.8) is 0 Å². The van der Waals surface area contributed by atoms with Gasteiger partial charge in [-0.15, -0.1) is 0 Å². The van der Waals surface area contributed by atoms with Crippen molar-refractivity contribution in [3.05, 3.63) is 35.6 Å². The zero-order chi connectivity index (χ0) is 14.3. The maximum atomic E-state index is 13.4. The molecule has 0 bridgehead atoms. The molecule has 104 valence electrons. The quantitative estimate of drug-likeness (QED) is 0.754. The Kier molecular flexibility index (Phi) is 6.42. The normalized spacial score (nSPS) is 11.9. The van der Waals surface area contributed by atoms with E-state index >= 15 is 0 Å². The largest absolute Gasteiger partial charge is 0.393 e. The van der Waals surface area contributed by atoms with Crippen LogP contribution in [0.2, 0.25) is 0 Å². The van der Waals surface area contributed by atoms with Crippen LogP contribution in [0.15, 0.2) is 24.3 Å². The molecule has 1 unspecified atom stereocenters. The topological polar surface area (TPSA) is 55.1 Å². The van der Waals surface area contributed by atoms with Gasteiger partial charge in [0.1, 0.15) is 5.82 Å². The molecule has 0 aliphatic carbocycles. The SMILES string of the molecule is CCCC(C(=O)NCCc1ccccc1F)C(N)=S. The summed E-state index contributed by atoms with van der Waals surface area (Å²) in [6, 6.07) is 6.53. The van der Waals surface area contributed by atoms with Crippen LogP contribution in [0.5, 0.6) is 0 Å². The van der Waals surface area contributed by atoms with Crippen LogP contribution in [0, 0.1) is 11.7 Å². The van der Waals surface area contributed by atoms with Crippen LogP contribution in [0.1, 0.15) is 25.3 Å². The molecule has 1 rings (SSSR count). The van der Waals surface area contributed by atoms with Crippen LogP contribution in [-0.2, 0) is 11.2 Å². The Morgan fingerprint density at radius 3 is 2.74 bits per heavy atom. The Morgan fingerprint density at radius 1 is 1.47 bits per heavy atom. The van der Waals surface area contributed by atoms with Gasteiger partial charge in [-0.05, 0) is 24.5 Å². The zero-order valence-corrected chi connectivity index (χ0v) is 11.8. The predicted octanol–water partition coefficient (Wildman–Crippen LogP) is 2.19. The van der Waals surface area contributed by atoms with E-state index in [1.165, 1.54) is 6.07 Å². The molecule has 1 amide bonds. The molecule has 1 aromatic rings. The monoisotopic (exact) mass is 282 g/mol. The molecule has 0 heterocycles. The van der Waals surface area contributed by atoms with E-state index in [-0.39, 0.29) is 16.7 Å². The van der Waals surface area contributed by atoms with Crippen molar-refractivity contribution in [1.29, 1.82) is 0 Å². The number of benzene rings is 1. The average Bonchev–Trinajstić information content (AvgIpc) is 2.37. The third-order valence-electron chi connectivity index (χ3n) is 2.89. The standard InChI is InChI=1S/C14H19FN2OS/c1-2-5-11(13(16)19)14(18)17-9-8-10-6-3-4-7-12(10)15/h3-4,6-7,11H,2,5,8-9H2,1H3,(H2,16,19)(H,17,18). The van der Waals surface area contributed by atoms with Crippen LogP contribution in [0.3, 0.4) is 0 Å². The molecular formula is C14H19FN2OS. The van der Waals surface area contributed by atoms with Crippen molar-refractivity contribution in [1.82, 2.24) is 5.32 Å². The van der Waals surface area contributed by atoms with Crippen LogP contribution >= 0.6 is 12.2 Å². The first-order valence-electron chi connectivity index (χ1n) is 6.36. The molecule has 19 heavy (non-hydrogen) atoms. The van der Waals surface area contributed by atoms with E-state index in [1.54, 1.807) is 18.2 Å². The van der Waals surface area contributed by atoms with E-state index in [0.717, 1.165) is 6.42 Å². The lowest BCUT2D eigenvalue weighted by Crippen LogP contribution is -2.38. The minimum atomic E-state index is -0.430. The van der Waals surface area contributed by atoms with Gasteiger partial charge in [-0.2, -0.15) is 0 Å². The highest BCUT2D eigenvalue weighted by Crippen LogP contribution is 2.08. The maximum Gasteiger partial charge on any atom is 0.229 e. The zero-order valence-electron chi connectivity index (χ0n) is 11.0. The lowest BCUT2D eigenvalue weighted by molar-refractivity contribution is -0.123. The summed E-state index contributed by atoms with van der Waals surface area (Å²) in [5, 5.41) is 2.75. The van der Waals surface area contributed by atoms with Crippen LogP contribution in [0.4, 0.5) is 4.39 Å². The van der Waals surface area contributed by atoms with E-state index in [4.69, 9.17) is 18.0 Å². The molecule has 0 aromatic heterocycles. The molecule has 0 aliphatic heterocycles. The fourth-order valence-electron chi connectivity index (χ4n) is 1.84. The van der Waals surface area contributed by atoms with Crippen molar-refractivity contribution in [2.45, 2.75) is 26.2 Å². The number of halogens is 1. The number of nitrogens with one attached hydrogen (secondary N) is 1. The molecule has 0 saturated heterocycles. The number of hydrogen-bond acceptors (Lipinski definition) is 2. The third-order valence-corrected chi connectivity index (χ3v) is 3.17. The van der Waals surface area contributed by atoms with Crippen molar-refractivity contribution in [2.75, 3.05) is 6.54 Å². The Hall–Kier alpha value is -1.49. The van der Waals surface area contributed by atoms with Crippen molar-refractivity contribution in [2.24, 2.45) is 11.7 Å². The van der Waals surface area contributed by atoms with Gasteiger partial charge in [0.25, 0.3) is 0 Å². The summed E-state index contributed by atoms with van der Waals surface area (Å²) in [6.07, 6.45) is 1.93. The van der Waals surface area contributed by atoms with Gasteiger partial charge in [0, 0.05) is 6.54 Å². The number of thiocarbonyl (C=S) groups is 1. The number of nitrogens with two attached hydrogens (primary N) is 1. The minimum Gasteiger partial charge on any atom is -0.393 e. The second kappa shape index (κ2) is 7.84. The van der Waals surface area contributed by atoms with Crippen molar-refractivity contribution >= 4 is 23.1 Å². The predicted molar refractivity (Wildman–Crippen MR) is 78.3 cm³/mol. The van der Waals surface area contributed by atoms with Gasteiger partial charge >= 0.3 is 0 Å². The molecule has 0 radical (unpaired) electrons. The summed E-state index contributed by atoms with van der Waals surface area (Å²) in [7, 11) is 0. The molecule has 1 atom stereocenters. The van der Waals surface area contributed by atoms with E-state index in [2.05, 4.69) is 5.32 Å². The van der Waals surface area contributed by atoms with Crippen molar-refractivity contribution < 1.29 is 9.18 Å². The van der Waals surface area contributed by atoms with Gasteiger partial charge in [0.05, 0.1) is 10.9 Å². The Bertz CT molecular complexity index is 451. The molecule has 3 nitrogen and oxygen atoms in total. The first-order valence-corrected chi connectivity index (χ1v) is 6.77. The lowest BCUT2D eigenvalue weighted by Gasteiger charge is -2.14. The van der Waals surface area contributed by atoms with Crippen LogP contribution in [-0.4, -0.2) is 17.4 Å². The summed E-state index contributed by atoms with van der Waals surface area (Å²) in [5.41, 5.74) is 6.13. The molecule has 0 fully saturated rings. The van der Waals surface area contributed by atoms with E-state index < -0.39 is 5.92 Å². The number of carbonyl (C=O) groups excluding carboxylic acids is 1. The summed E-state index contributed by atoms with van der Waals surface area (Å²) in [6.45, 7) is 2.35. The van der Waals surface area contributed by atoms with E-state index in [1.807, 2.05) is 6.92 Å². The molecular weight excluding hydrogens is 263 g/mol. The van der Waals surface area contributed by atoms with Crippen LogP contribution < -0.4 is 11.1 Å². The molecule has 0 aliphatic rings. The number of rotatable bonds is 7. The van der Waals surface area contributed by atoms with Gasteiger partial charge in [-0.25, -0.2) is 4.39 Å². The second-order valence-electron chi connectivity index (χ2n) is 4.38. The maximum absolute atomic E-state index is 13.4. The molecule has 0 saturated carbocycles. The first kappa shape index (κ1) is 15.6. The summed E-state index contributed by atoms with van der Waals surface area (Å²) < 4.78 is 13.4.